The van der Waals surface area contributed by atoms with Gasteiger partial charge in [-0.3, -0.25) is 4.79 Å². The third-order valence-electron chi connectivity index (χ3n) is 4.65. The minimum absolute atomic E-state index is 0.116. The SMILES string of the molecule is COC(=O)c1c(C)[nH]c(C(=O)C(C)Nc2ccc(-c3csc(C)n3)cc2)c1C. The van der Waals surface area contributed by atoms with E-state index in [4.69, 9.17) is 4.74 Å². The summed E-state index contributed by atoms with van der Waals surface area (Å²) in [6, 6.07) is 7.36. The second kappa shape index (κ2) is 7.98. The number of Topliss-reactive ketones (excluding diaryl/α,β-unsaturated/α-hetero) is 1. The normalized spacial score (nSPS) is 11.9. The number of rotatable bonds is 6. The van der Waals surface area contributed by atoms with E-state index in [1.807, 2.05) is 36.6 Å². The summed E-state index contributed by atoms with van der Waals surface area (Å²) in [4.78, 5) is 32.3. The molecule has 0 saturated heterocycles. The van der Waals surface area contributed by atoms with E-state index in [1.54, 1.807) is 32.1 Å². The van der Waals surface area contributed by atoms with Gasteiger partial charge in [-0.15, -0.1) is 11.3 Å². The highest BCUT2D eigenvalue weighted by Crippen LogP contribution is 2.24. The number of aromatic nitrogens is 2. The maximum atomic E-state index is 12.9. The van der Waals surface area contributed by atoms with Gasteiger partial charge in [-0.1, -0.05) is 12.1 Å². The van der Waals surface area contributed by atoms with Gasteiger partial charge >= 0.3 is 5.97 Å². The lowest BCUT2D eigenvalue weighted by Gasteiger charge is -2.14. The molecule has 0 spiro atoms. The average molecular weight is 398 g/mol. The Morgan fingerprint density at radius 1 is 1.18 bits per heavy atom. The van der Waals surface area contributed by atoms with E-state index in [0.29, 0.717) is 22.5 Å². The van der Waals surface area contributed by atoms with Crippen LogP contribution in [0.25, 0.3) is 11.3 Å². The quantitative estimate of drug-likeness (QED) is 0.471. The van der Waals surface area contributed by atoms with Crippen LogP contribution in [-0.4, -0.2) is 34.9 Å². The number of methoxy groups -OCH3 is 1. The molecule has 146 valence electrons. The summed E-state index contributed by atoms with van der Waals surface area (Å²) in [5.41, 5.74) is 4.90. The molecule has 0 radical (unpaired) electrons. The molecule has 0 bridgehead atoms. The first kappa shape index (κ1) is 19.8. The molecule has 0 aliphatic rings. The molecule has 0 aliphatic carbocycles. The zero-order chi connectivity index (χ0) is 20.4. The molecule has 28 heavy (non-hydrogen) atoms. The van der Waals surface area contributed by atoms with Gasteiger partial charge in [-0.2, -0.15) is 0 Å². The number of aryl methyl sites for hydroxylation is 2. The van der Waals surface area contributed by atoms with Crippen molar-refractivity contribution in [3.8, 4) is 11.3 Å². The highest BCUT2D eigenvalue weighted by Gasteiger charge is 2.25. The number of ether oxygens (including phenoxy) is 1. The standard InChI is InChI=1S/C21H23N3O3S/c1-11-18(21(26)27-5)12(2)23-19(11)20(25)13(3)22-16-8-6-15(7-9-16)17-10-28-14(4)24-17/h6-10,13,22-23H,1-5H3. The predicted molar refractivity (Wildman–Crippen MR) is 111 cm³/mol. The molecule has 2 heterocycles. The lowest BCUT2D eigenvalue weighted by atomic mass is 10.0. The Morgan fingerprint density at radius 2 is 1.86 bits per heavy atom. The average Bonchev–Trinajstić information content (AvgIpc) is 3.24. The van der Waals surface area contributed by atoms with Crippen LogP contribution in [0, 0.1) is 20.8 Å². The first-order valence-electron chi connectivity index (χ1n) is 8.92. The number of hydrogen-bond acceptors (Lipinski definition) is 6. The third kappa shape index (κ3) is 3.84. The molecular formula is C21H23N3O3S. The minimum Gasteiger partial charge on any atom is -0.465 e. The van der Waals surface area contributed by atoms with Gasteiger partial charge in [0.15, 0.2) is 0 Å². The highest BCUT2D eigenvalue weighted by molar-refractivity contribution is 7.09. The zero-order valence-corrected chi connectivity index (χ0v) is 17.4. The van der Waals surface area contributed by atoms with Crippen LogP contribution >= 0.6 is 11.3 Å². The zero-order valence-electron chi connectivity index (χ0n) is 16.5. The number of carbonyl (C=O) groups excluding carboxylic acids is 2. The van der Waals surface area contributed by atoms with Gasteiger partial charge in [0.25, 0.3) is 0 Å². The van der Waals surface area contributed by atoms with Crippen LogP contribution in [0.4, 0.5) is 5.69 Å². The largest absolute Gasteiger partial charge is 0.465 e. The number of esters is 1. The molecule has 0 amide bonds. The number of benzene rings is 1. The van der Waals surface area contributed by atoms with E-state index >= 15 is 0 Å². The second-order valence-corrected chi connectivity index (χ2v) is 7.74. The van der Waals surface area contributed by atoms with Gasteiger partial charge < -0.3 is 15.0 Å². The lowest BCUT2D eigenvalue weighted by molar-refractivity contribution is 0.0599. The van der Waals surface area contributed by atoms with Gasteiger partial charge in [0.05, 0.1) is 35.1 Å². The molecule has 1 unspecified atom stereocenters. The maximum Gasteiger partial charge on any atom is 0.339 e. The van der Waals surface area contributed by atoms with Crippen molar-refractivity contribution < 1.29 is 14.3 Å². The third-order valence-corrected chi connectivity index (χ3v) is 5.42. The fourth-order valence-electron chi connectivity index (χ4n) is 3.17. The van der Waals surface area contributed by atoms with E-state index in [-0.39, 0.29) is 5.78 Å². The van der Waals surface area contributed by atoms with Crippen LogP contribution in [-0.2, 0) is 4.74 Å². The molecule has 3 rings (SSSR count). The smallest absolute Gasteiger partial charge is 0.339 e. The van der Waals surface area contributed by atoms with Gasteiger partial charge in [-0.25, -0.2) is 9.78 Å². The Bertz CT molecular complexity index is 1020. The molecular weight excluding hydrogens is 374 g/mol. The monoisotopic (exact) mass is 397 g/mol. The molecule has 1 atom stereocenters. The van der Waals surface area contributed by atoms with Crippen molar-refractivity contribution in [2.45, 2.75) is 33.7 Å². The number of nitrogens with zero attached hydrogens (tertiary/aromatic N) is 1. The van der Waals surface area contributed by atoms with Gasteiger partial charge in [0.1, 0.15) is 0 Å². The molecule has 2 N–H and O–H groups in total. The molecule has 0 saturated carbocycles. The summed E-state index contributed by atoms with van der Waals surface area (Å²) < 4.78 is 4.81. The second-order valence-electron chi connectivity index (χ2n) is 6.68. The van der Waals surface area contributed by atoms with E-state index in [0.717, 1.165) is 22.0 Å². The minimum atomic E-state index is -0.463. The predicted octanol–water partition coefficient (Wildman–Crippen LogP) is 4.53. The summed E-state index contributed by atoms with van der Waals surface area (Å²) >= 11 is 1.62. The molecule has 0 fully saturated rings. The number of hydrogen-bond donors (Lipinski definition) is 2. The molecule has 0 aliphatic heterocycles. The van der Waals surface area contributed by atoms with Crippen LogP contribution in [0.2, 0.25) is 0 Å². The van der Waals surface area contributed by atoms with Crippen molar-refractivity contribution in [2.24, 2.45) is 0 Å². The summed E-state index contributed by atoms with van der Waals surface area (Å²) in [7, 11) is 1.33. The first-order chi connectivity index (χ1) is 13.3. The Hall–Kier alpha value is -2.93. The van der Waals surface area contributed by atoms with Crippen LogP contribution in [0.1, 0.15) is 44.0 Å². The highest BCUT2D eigenvalue weighted by atomic mass is 32.1. The number of nitrogens with one attached hydrogen (secondary N) is 2. The Labute approximate surface area is 168 Å². The fraction of sp³-hybridized carbons (Fsp3) is 0.286. The number of ketones is 1. The molecule has 7 heteroatoms. The summed E-state index contributed by atoms with van der Waals surface area (Å²) in [5.74, 6) is -0.561. The molecule has 2 aromatic heterocycles. The van der Waals surface area contributed by atoms with Crippen LogP contribution in [0.15, 0.2) is 29.6 Å². The number of aromatic amines is 1. The van der Waals surface area contributed by atoms with Gasteiger partial charge in [0, 0.05) is 22.3 Å². The summed E-state index contributed by atoms with van der Waals surface area (Å²) in [5, 5.41) is 6.27. The van der Waals surface area contributed by atoms with E-state index in [1.165, 1.54) is 7.11 Å². The van der Waals surface area contributed by atoms with Crippen molar-refractivity contribution in [1.82, 2.24) is 9.97 Å². The molecule has 3 aromatic rings. The first-order valence-corrected chi connectivity index (χ1v) is 9.80. The lowest BCUT2D eigenvalue weighted by Crippen LogP contribution is -2.27. The van der Waals surface area contributed by atoms with Gasteiger partial charge in [-0.05, 0) is 45.4 Å². The van der Waals surface area contributed by atoms with Crippen molar-refractivity contribution in [2.75, 3.05) is 12.4 Å². The number of carbonyl (C=O) groups is 2. The van der Waals surface area contributed by atoms with E-state index in [2.05, 4.69) is 15.3 Å². The van der Waals surface area contributed by atoms with Crippen LogP contribution < -0.4 is 5.32 Å². The Kier molecular flexibility index (Phi) is 5.65. The summed E-state index contributed by atoms with van der Waals surface area (Å²) in [6.07, 6.45) is 0. The van der Waals surface area contributed by atoms with Crippen LogP contribution in [0.5, 0.6) is 0 Å². The van der Waals surface area contributed by atoms with Crippen molar-refractivity contribution >= 4 is 28.8 Å². The van der Waals surface area contributed by atoms with E-state index in [9.17, 15) is 9.59 Å². The Balaban J connectivity index is 1.75. The molecule has 6 nitrogen and oxygen atoms in total. The van der Waals surface area contributed by atoms with Crippen LogP contribution in [0.3, 0.4) is 0 Å². The van der Waals surface area contributed by atoms with Crippen molar-refractivity contribution in [1.29, 1.82) is 0 Å². The van der Waals surface area contributed by atoms with E-state index < -0.39 is 12.0 Å². The summed E-state index contributed by atoms with van der Waals surface area (Å²) in [6.45, 7) is 7.29. The number of thiazole rings is 1. The Morgan fingerprint density at radius 3 is 2.43 bits per heavy atom. The topological polar surface area (TPSA) is 84.1 Å². The number of H-pyrrole nitrogens is 1. The maximum absolute atomic E-state index is 12.9. The van der Waals surface area contributed by atoms with Crippen molar-refractivity contribution in [3.05, 3.63) is 57.2 Å². The fourth-order valence-corrected chi connectivity index (χ4v) is 3.79. The molecule has 1 aromatic carbocycles. The number of anilines is 1. The van der Waals surface area contributed by atoms with Gasteiger partial charge in [0.2, 0.25) is 5.78 Å². The van der Waals surface area contributed by atoms with Crippen molar-refractivity contribution in [3.63, 3.8) is 0 Å².